The van der Waals surface area contributed by atoms with Crippen LogP contribution in [0.3, 0.4) is 0 Å². The van der Waals surface area contributed by atoms with E-state index >= 15 is 0 Å². The summed E-state index contributed by atoms with van der Waals surface area (Å²) in [6.45, 7) is 3.48. The lowest BCUT2D eigenvalue weighted by Gasteiger charge is -2.11. The summed E-state index contributed by atoms with van der Waals surface area (Å²) >= 11 is 0. The van der Waals surface area contributed by atoms with Crippen molar-refractivity contribution in [2.24, 2.45) is 0 Å². The van der Waals surface area contributed by atoms with Crippen LogP contribution in [-0.2, 0) is 4.79 Å². The Bertz CT molecular complexity index is 671. The topological polar surface area (TPSA) is 38.3 Å². The number of aryl methyl sites for hydroxylation is 1. The molecule has 0 unspecified atom stereocenters. The number of anilines is 1. The van der Waals surface area contributed by atoms with Crippen LogP contribution in [0.5, 0.6) is 5.75 Å². The number of ether oxygens (including phenoxy) is 1. The molecule has 1 amide bonds. The van der Waals surface area contributed by atoms with Gasteiger partial charge in [-0.1, -0.05) is 12.1 Å². The molecule has 0 radical (unpaired) electrons. The molecule has 0 aliphatic heterocycles. The first-order chi connectivity index (χ1) is 9.97. The first kappa shape index (κ1) is 15.0. The minimum absolute atomic E-state index is 0.160. The second kappa shape index (κ2) is 6.35. The molecule has 0 heterocycles. The lowest BCUT2D eigenvalue weighted by molar-refractivity contribution is -0.118. The average molecular weight is 291 g/mol. The highest BCUT2D eigenvalue weighted by Gasteiger charge is 2.09. The molecule has 2 rings (SSSR count). The zero-order valence-corrected chi connectivity index (χ0v) is 11.7. The molecule has 0 bridgehead atoms. The van der Waals surface area contributed by atoms with E-state index in [-0.39, 0.29) is 12.4 Å². The third-order valence-electron chi connectivity index (χ3n) is 3.13. The Morgan fingerprint density at radius 2 is 1.95 bits per heavy atom. The van der Waals surface area contributed by atoms with Gasteiger partial charge in [-0.05, 0) is 43.2 Å². The fourth-order valence-corrected chi connectivity index (χ4v) is 1.81. The summed E-state index contributed by atoms with van der Waals surface area (Å²) in [6.07, 6.45) is 0. The zero-order chi connectivity index (χ0) is 15.4. The van der Waals surface area contributed by atoms with Gasteiger partial charge in [-0.3, -0.25) is 4.79 Å². The van der Waals surface area contributed by atoms with E-state index in [9.17, 15) is 13.6 Å². The third kappa shape index (κ3) is 3.78. The third-order valence-corrected chi connectivity index (χ3v) is 3.13. The van der Waals surface area contributed by atoms with Crippen molar-refractivity contribution in [2.75, 3.05) is 11.9 Å². The number of halogens is 2. The second-order valence-corrected chi connectivity index (χ2v) is 4.66. The number of benzene rings is 2. The lowest BCUT2D eigenvalue weighted by Crippen LogP contribution is -2.21. The molecule has 0 fully saturated rings. The first-order valence-electron chi connectivity index (χ1n) is 6.41. The van der Waals surface area contributed by atoms with Gasteiger partial charge in [-0.2, -0.15) is 0 Å². The van der Waals surface area contributed by atoms with E-state index in [0.29, 0.717) is 11.8 Å². The van der Waals surface area contributed by atoms with Crippen LogP contribution in [0.25, 0.3) is 0 Å². The quantitative estimate of drug-likeness (QED) is 0.934. The smallest absolute Gasteiger partial charge is 0.262 e. The number of amides is 1. The predicted molar refractivity (Wildman–Crippen MR) is 76.4 cm³/mol. The molecule has 1 N–H and O–H groups in total. The van der Waals surface area contributed by atoms with E-state index < -0.39 is 17.5 Å². The van der Waals surface area contributed by atoms with Gasteiger partial charge in [0.2, 0.25) is 0 Å². The highest BCUT2D eigenvalue weighted by atomic mass is 19.1. The first-order valence-corrected chi connectivity index (χ1v) is 6.41. The van der Waals surface area contributed by atoms with Crippen LogP contribution >= 0.6 is 0 Å². The van der Waals surface area contributed by atoms with Crippen molar-refractivity contribution in [2.45, 2.75) is 13.8 Å². The Kier molecular flexibility index (Phi) is 4.52. The molecule has 0 saturated heterocycles. The Morgan fingerprint density at radius 1 is 1.19 bits per heavy atom. The summed E-state index contributed by atoms with van der Waals surface area (Å²) in [4.78, 5) is 11.8. The molecule has 2 aromatic carbocycles. The van der Waals surface area contributed by atoms with Gasteiger partial charge in [-0.15, -0.1) is 0 Å². The summed E-state index contributed by atoms with van der Waals surface area (Å²) in [7, 11) is 0. The van der Waals surface area contributed by atoms with Crippen molar-refractivity contribution in [1.29, 1.82) is 0 Å². The maximum absolute atomic E-state index is 13.3. The Morgan fingerprint density at radius 3 is 2.67 bits per heavy atom. The largest absolute Gasteiger partial charge is 0.481 e. The standard InChI is InChI=1S/C16H15F2NO2/c1-10-4-3-5-14(11(10)2)19-16(20)9-21-15-7-6-12(17)8-13(15)18/h3-8H,9H2,1-2H3,(H,19,20). The SMILES string of the molecule is Cc1cccc(NC(=O)COc2ccc(F)cc2F)c1C. The highest BCUT2D eigenvalue weighted by Crippen LogP contribution is 2.19. The van der Waals surface area contributed by atoms with Gasteiger partial charge in [0.05, 0.1) is 0 Å². The van der Waals surface area contributed by atoms with E-state index in [1.807, 2.05) is 26.0 Å². The van der Waals surface area contributed by atoms with Gasteiger partial charge in [0.25, 0.3) is 5.91 Å². The van der Waals surface area contributed by atoms with Crippen molar-refractivity contribution in [3.05, 3.63) is 59.2 Å². The van der Waals surface area contributed by atoms with Gasteiger partial charge < -0.3 is 10.1 Å². The van der Waals surface area contributed by atoms with Gasteiger partial charge in [0.15, 0.2) is 18.2 Å². The molecule has 0 aromatic heterocycles. The zero-order valence-electron chi connectivity index (χ0n) is 11.7. The Balaban J connectivity index is 1.97. The van der Waals surface area contributed by atoms with E-state index in [0.717, 1.165) is 23.3 Å². The molecule has 3 nitrogen and oxygen atoms in total. The van der Waals surface area contributed by atoms with Crippen LogP contribution in [0.4, 0.5) is 14.5 Å². The van der Waals surface area contributed by atoms with Crippen molar-refractivity contribution < 1.29 is 18.3 Å². The predicted octanol–water partition coefficient (Wildman–Crippen LogP) is 3.60. The summed E-state index contributed by atoms with van der Waals surface area (Å²) in [5.41, 5.74) is 2.69. The van der Waals surface area contributed by atoms with Crippen LogP contribution < -0.4 is 10.1 Å². The van der Waals surface area contributed by atoms with Crippen molar-refractivity contribution in [1.82, 2.24) is 0 Å². The second-order valence-electron chi connectivity index (χ2n) is 4.66. The molecular weight excluding hydrogens is 276 g/mol. The van der Waals surface area contributed by atoms with E-state index in [4.69, 9.17) is 4.74 Å². The van der Waals surface area contributed by atoms with Crippen LogP contribution in [0, 0.1) is 25.5 Å². The number of nitrogens with one attached hydrogen (secondary N) is 1. The van der Waals surface area contributed by atoms with E-state index in [1.165, 1.54) is 0 Å². The molecule has 21 heavy (non-hydrogen) atoms. The number of carbonyl (C=O) groups is 1. The molecule has 5 heteroatoms. The number of carbonyl (C=O) groups excluding carboxylic acids is 1. The van der Waals surface area contributed by atoms with Crippen molar-refractivity contribution >= 4 is 11.6 Å². The average Bonchev–Trinajstić information content (AvgIpc) is 2.43. The molecular formula is C16H15F2NO2. The summed E-state index contributed by atoms with van der Waals surface area (Å²) in [5, 5.41) is 2.69. The van der Waals surface area contributed by atoms with Crippen LogP contribution in [-0.4, -0.2) is 12.5 Å². The maximum atomic E-state index is 13.3. The molecule has 2 aromatic rings. The highest BCUT2D eigenvalue weighted by molar-refractivity contribution is 5.92. The van der Waals surface area contributed by atoms with Gasteiger partial charge >= 0.3 is 0 Å². The van der Waals surface area contributed by atoms with Crippen LogP contribution in [0.1, 0.15) is 11.1 Å². The monoisotopic (exact) mass is 291 g/mol. The normalized spacial score (nSPS) is 10.3. The van der Waals surface area contributed by atoms with Crippen LogP contribution in [0.2, 0.25) is 0 Å². The Hall–Kier alpha value is -2.43. The summed E-state index contributed by atoms with van der Waals surface area (Å²) in [5.74, 6) is -2.10. The minimum Gasteiger partial charge on any atom is -0.481 e. The van der Waals surface area contributed by atoms with E-state index in [2.05, 4.69) is 5.32 Å². The Labute approximate surface area is 121 Å². The number of hydrogen-bond acceptors (Lipinski definition) is 2. The number of hydrogen-bond donors (Lipinski definition) is 1. The van der Waals surface area contributed by atoms with Gasteiger partial charge in [-0.25, -0.2) is 8.78 Å². The van der Waals surface area contributed by atoms with Crippen molar-refractivity contribution in [3.8, 4) is 5.75 Å². The fourth-order valence-electron chi connectivity index (χ4n) is 1.81. The van der Waals surface area contributed by atoms with Crippen molar-refractivity contribution in [3.63, 3.8) is 0 Å². The summed E-state index contributed by atoms with van der Waals surface area (Å²) < 4.78 is 31.1. The fraction of sp³-hybridized carbons (Fsp3) is 0.188. The molecule has 0 atom stereocenters. The molecule has 0 aliphatic carbocycles. The maximum Gasteiger partial charge on any atom is 0.262 e. The minimum atomic E-state index is -0.838. The molecule has 0 aliphatic rings. The van der Waals surface area contributed by atoms with Gasteiger partial charge in [0, 0.05) is 11.8 Å². The van der Waals surface area contributed by atoms with Gasteiger partial charge in [0.1, 0.15) is 5.82 Å². The lowest BCUT2D eigenvalue weighted by atomic mass is 10.1. The molecule has 110 valence electrons. The molecule has 0 spiro atoms. The van der Waals surface area contributed by atoms with E-state index in [1.54, 1.807) is 6.07 Å². The number of rotatable bonds is 4. The van der Waals surface area contributed by atoms with Crippen LogP contribution in [0.15, 0.2) is 36.4 Å². The summed E-state index contributed by atoms with van der Waals surface area (Å²) in [6, 6.07) is 8.47. The molecule has 0 saturated carbocycles.